The van der Waals surface area contributed by atoms with Gasteiger partial charge in [0.15, 0.2) is 5.58 Å². The van der Waals surface area contributed by atoms with E-state index in [9.17, 15) is 8.42 Å². The van der Waals surface area contributed by atoms with Crippen LogP contribution in [0.2, 0.25) is 0 Å². The molecular formula is C21H24N2O3S. The molecule has 0 fully saturated rings. The third kappa shape index (κ3) is 4.84. The minimum absolute atomic E-state index is 0.0408. The van der Waals surface area contributed by atoms with Crippen LogP contribution < -0.4 is 4.72 Å². The summed E-state index contributed by atoms with van der Waals surface area (Å²) in [5.41, 5.74) is 6.00. The van der Waals surface area contributed by atoms with Gasteiger partial charge in [-0.1, -0.05) is 49.8 Å². The van der Waals surface area contributed by atoms with E-state index in [1.54, 1.807) is 0 Å². The number of allylic oxidation sites excluding steroid dienone is 1. The first-order valence-electron chi connectivity index (χ1n) is 8.98. The lowest BCUT2D eigenvalue weighted by molar-refractivity contribution is 0.515. The molecule has 0 aliphatic rings. The third-order valence-corrected chi connectivity index (χ3v) is 4.97. The van der Waals surface area contributed by atoms with Crippen molar-refractivity contribution in [1.29, 1.82) is 0 Å². The first-order chi connectivity index (χ1) is 12.9. The second-order valence-corrected chi connectivity index (χ2v) is 8.44. The van der Waals surface area contributed by atoms with E-state index in [1.807, 2.05) is 30.3 Å². The number of rotatable bonds is 7. The number of hydrogen-bond acceptors (Lipinski definition) is 4. The Labute approximate surface area is 160 Å². The maximum Gasteiger partial charge on any atom is 0.210 e. The molecule has 0 spiro atoms. The topological polar surface area (TPSA) is 72.2 Å². The van der Waals surface area contributed by atoms with Crippen molar-refractivity contribution in [3.8, 4) is 0 Å². The van der Waals surface area contributed by atoms with Gasteiger partial charge in [-0.2, -0.15) is 0 Å². The average Bonchev–Trinajstić information content (AvgIpc) is 3.03. The summed E-state index contributed by atoms with van der Waals surface area (Å²) < 4.78 is 30.7. The monoisotopic (exact) mass is 384 g/mol. The Morgan fingerprint density at radius 1 is 1.22 bits per heavy atom. The van der Waals surface area contributed by atoms with Crippen LogP contribution in [0, 0.1) is 6.92 Å². The van der Waals surface area contributed by atoms with Gasteiger partial charge in [0.1, 0.15) is 5.52 Å². The molecule has 0 aliphatic heterocycles. The van der Waals surface area contributed by atoms with Crippen LogP contribution in [0.4, 0.5) is 0 Å². The number of aromatic nitrogens is 1. The standard InChI is InChI=1S/C21H24N2O3S/c1-4-5-9-18(17-10-7-6-8-15(17)2)16-11-12-19-20(13-16)26-21(23-19)14-22-27(3,24)25/h6-13,22H,4-5,14H2,1-3H3/b18-9-. The number of oxazole rings is 1. The molecule has 5 nitrogen and oxygen atoms in total. The van der Waals surface area contributed by atoms with Gasteiger partial charge in [0.05, 0.1) is 12.8 Å². The number of fused-ring (bicyclic) bond motifs is 1. The van der Waals surface area contributed by atoms with Crippen molar-refractivity contribution in [1.82, 2.24) is 9.71 Å². The Hall–Kier alpha value is -2.44. The molecule has 1 heterocycles. The Morgan fingerprint density at radius 2 is 2.00 bits per heavy atom. The zero-order valence-corrected chi connectivity index (χ0v) is 16.6. The summed E-state index contributed by atoms with van der Waals surface area (Å²) in [6, 6.07) is 14.2. The Kier molecular flexibility index (Phi) is 5.77. The number of nitrogens with one attached hydrogen (secondary N) is 1. The number of sulfonamides is 1. The lowest BCUT2D eigenvalue weighted by Gasteiger charge is -2.11. The fourth-order valence-electron chi connectivity index (χ4n) is 2.96. The van der Waals surface area contributed by atoms with Crippen molar-refractivity contribution in [2.75, 3.05) is 6.26 Å². The second kappa shape index (κ2) is 8.06. The zero-order valence-electron chi connectivity index (χ0n) is 15.8. The normalized spacial score (nSPS) is 12.6. The Morgan fingerprint density at radius 3 is 2.70 bits per heavy atom. The van der Waals surface area contributed by atoms with E-state index in [-0.39, 0.29) is 6.54 Å². The first-order valence-corrected chi connectivity index (χ1v) is 10.9. The van der Waals surface area contributed by atoms with Gasteiger partial charge in [-0.05, 0) is 47.7 Å². The molecule has 0 amide bonds. The molecule has 27 heavy (non-hydrogen) atoms. The second-order valence-electron chi connectivity index (χ2n) is 6.60. The molecule has 0 saturated heterocycles. The molecule has 1 aromatic heterocycles. The zero-order chi connectivity index (χ0) is 19.4. The Balaban J connectivity index is 1.99. The van der Waals surface area contributed by atoms with Gasteiger partial charge < -0.3 is 4.42 Å². The molecule has 0 saturated carbocycles. The predicted molar refractivity (Wildman–Crippen MR) is 109 cm³/mol. The summed E-state index contributed by atoms with van der Waals surface area (Å²) >= 11 is 0. The number of aryl methyl sites for hydroxylation is 1. The highest BCUT2D eigenvalue weighted by atomic mass is 32.2. The highest BCUT2D eigenvalue weighted by molar-refractivity contribution is 7.88. The minimum atomic E-state index is -3.29. The summed E-state index contributed by atoms with van der Waals surface area (Å²) in [5.74, 6) is 0.350. The minimum Gasteiger partial charge on any atom is -0.439 e. The van der Waals surface area contributed by atoms with Crippen LogP contribution >= 0.6 is 0 Å². The van der Waals surface area contributed by atoms with Gasteiger partial charge >= 0.3 is 0 Å². The van der Waals surface area contributed by atoms with E-state index in [0.29, 0.717) is 17.0 Å². The number of nitrogens with zero attached hydrogens (tertiary/aromatic N) is 1. The molecule has 142 valence electrons. The molecule has 6 heteroatoms. The molecule has 0 atom stereocenters. The van der Waals surface area contributed by atoms with E-state index in [0.717, 1.165) is 24.7 Å². The summed E-state index contributed by atoms with van der Waals surface area (Å²) in [6.45, 7) is 4.31. The summed E-state index contributed by atoms with van der Waals surface area (Å²) in [7, 11) is -3.29. The maximum absolute atomic E-state index is 11.3. The van der Waals surface area contributed by atoms with Crippen molar-refractivity contribution >= 4 is 26.7 Å². The van der Waals surface area contributed by atoms with Crippen LogP contribution in [0.15, 0.2) is 53.0 Å². The van der Waals surface area contributed by atoms with Crippen LogP contribution in [0.3, 0.4) is 0 Å². The molecular weight excluding hydrogens is 360 g/mol. The van der Waals surface area contributed by atoms with E-state index in [2.05, 4.69) is 41.8 Å². The van der Waals surface area contributed by atoms with E-state index in [1.165, 1.54) is 16.7 Å². The van der Waals surface area contributed by atoms with Crippen molar-refractivity contribution in [2.45, 2.75) is 33.2 Å². The van der Waals surface area contributed by atoms with E-state index >= 15 is 0 Å². The van der Waals surface area contributed by atoms with Crippen LogP contribution in [-0.4, -0.2) is 19.7 Å². The number of benzene rings is 2. The maximum atomic E-state index is 11.3. The van der Waals surface area contributed by atoms with E-state index < -0.39 is 10.0 Å². The van der Waals surface area contributed by atoms with Gasteiger partial charge in [-0.25, -0.2) is 18.1 Å². The van der Waals surface area contributed by atoms with Crippen molar-refractivity contribution in [3.05, 3.63) is 71.1 Å². The number of unbranched alkanes of at least 4 members (excludes halogenated alkanes) is 1. The molecule has 3 rings (SSSR count). The van der Waals surface area contributed by atoms with Crippen LogP contribution in [-0.2, 0) is 16.6 Å². The fourth-order valence-corrected chi connectivity index (χ4v) is 3.34. The average molecular weight is 385 g/mol. The molecule has 2 aromatic carbocycles. The van der Waals surface area contributed by atoms with Crippen LogP contribution in [0.25, 0.3) is 16.7 Å². The summed E-state index contributed by atoms with van der Waals surface area (Å²) in [5, 5.41) is 0. The molecule has 0 radical (unpaired) electrons. The first kappa shape index (κ1) is 19.3. The SMILES string of the molecule is CCC/C=C(/c1ccc2nc(CNS(C)(=O)=O)oc2c1)c1ccccc1C. The third-order valence-electron chi connectivity index (χ3n) is 4.30. The lowest BCUT2D eigenvalue weighted by Crippen LogP contribution is -2.21. The fraction of sp³-hybridized carbons (Fsp3) is 0.286. The molecule has 3 aromatic rings. The highest BCUT2D eigenvalue weighted by Gasteiger charge is 2.12. The molecule has 1 N–H and O–H groups in total. The van der Waals surface area contributed by atoms with Gasteiger partial charge in [-0.3, -0.25) is 0 Å². The predicted octanol–water partition coefficient (Wildman–Crippen LogP) is 4.42. The van der Waals surface area contributed by atoms with E-state index in [4.69, 9.17) is 4.42 Å². The smallest absolute Gasteiger partial charge is 0.210 e. The molecule has 0 unspecified atom stereocenters. The number of hydrogen-bond donors (Lipinski definition) is 1. The van der Waals surface area contributed by atoms with Crippen LogP contribution in [0.1, 0.15) is 42.3 Å². The van der Waals surface area contributed by atoms with Crippen molar-refractivity contribution < 1.29 is 12.8 Å². The van der Waals surface area contributed by atoms with Gasteiger partial charge in [0, 0.05) is 0 Å². The largest absolute Gasteiger partial charge is 0.439 e. The van der Waals surface area contributed by atoms with Gasteiger partial charge in [-0.15, -0.1) is 0 Å². The Bertz CT molecular complexity index is 1080. The molecule has 0 aliphatic carbocycles. The van der Waals surface area contributed by atoms with Crippen LogP contribution in [0.5, 0.6) is 0 Å². The highest BCUT2D eigenvalue weighted by Crippen LogP contribution is 2.29. The van der Waals surface area contributed by atoms with Gasteiger partial charge in [0.2, 0.25) is 15.9 Å². The van der Waals surface area contributed by atoms with Crippen molar-refractivity contribution in [3.63, 3.8) is 0 Å². The van der Waals surface area contributed by atoms with Gasteiger partial charge in [0.25, 0.3) is 0 Å². The van der Waals surface area contributed by atoms with Crippen molar-refractivity contribution in [2.24, 2.45) is 0 Å². The molecule has 0 bridgehead atoms. The summed E-state index contributed by atoms with van der Waals surface area (Å²) in [6.07, 6.45) is 5.43. The quantitative estimate of drug-likeness (QED) is 0.655. The lowest BCUT2D eigenvalue weighted by atomic mass is 9.93. The summed E-state index contributed by atoms with van der Waals surface area (Å²) in [4.78, 5) is 4.36.